The van der Waals surface area contributed by atoms with Gasteiger partial charge < -0.3 is 15.3 Å². The quantitative estimate of drug-likeness (QED) is 0.680. The van der Waals surface area contributed by atoms with Crippen molar-refractivity contribution in [3.8, 4) is 0 Å². The predicted molar refractivity (Wildman–Crippen MR) is 115 cm³/mol. The summed E-state index contributed by atoms with van der Waals surface area (Å²) in [5.41, 5.74) is 3.94. The standard InChI is InChI=1S/C20H24N2O2.2ClH.H2O/c1-21(2)11-18(23)14-7-5-13-6-8-16-15(19(24)12-22(3)4)9-10-17(14)20(13)16;;;/h5,7,9-10H,6,8,11-12H2,1-4H3;2*1H;1H2. The molecular formula is C20H28Cl2N2O3. The molecule has 2 aromatic rings. The number of nitrogens with zero attached hydrogens (tertiary/aromatic N) is 2. The van der Waals surface area contributed by atoms with Gasteiger partial charge in [0.1, 0.15) is 0 Å². The lowest BCUT2D eigenvalue weighted by Gasteiger charge is -2.14. The molecule has 0 heterocycles. The highest BCUT2D eigenvalue weighted by Gasteiger charge is 2.24. The number of aryl methyl sites for hydroxylation is 2. The Morgan fingerprint density at radius 2 is 1.33 bits per heavy atom. The number of Topliss-reactive ketones (excluding diaryl/α,β-unsaturated/α-hetero) is 2. The molecule has 0 unspecified atom stereocenters. The first-order valence-electron chi connectivity index (χ1n) is 8.32. The van der Waals surface area contributed by atoms with Gasteiger partial charge in [-0.25, -0.2) is 0 Å². The zero-order valence-electron chi connectivity index (χ0n) is 16.2. The normalized spacial score (nSPS) is 11.8. The molecule has 3 rings (SSSR count). The van der Waals surface area contributed by atoms with E-state index in [1.807, 2.05) is 56.2 Å². The van der Waals surface area contributed by atoms with Crippen molar-refractivity contribution in [2.24, 2.45) is 0 Å². The van der Waals surface area contributed by atoms with E-state index in [1.54, 1.807) is 0 Å². The Hall–Kier alpha value is -1.50. The number of hydrogen-bond acceptors (Lipinski definition) is 4. The number of carbonyl (C=O) groups excluding carboxylic acids is 2. The summed E-state index contributed by atoms with van der Waals surface area (Å²) >= 11 is 0. The molecule has 0 atom stereocenters. The van der Waals surface area contributed by atoms with Crippen LogP contribution in [0.5, 0.6) is 0 Å². The fourth-order valence-electron chi connectivity index (χ4n) is 3.57. The molecule has 0 spiro atoms. The minimum absolute atomic E-state index is 0. The number of halogens is 2. The van der Waals surface area contributed by atoms with Crippen molar-refractivity contribution in [1.29, 1.82) is 0 Å². The number of ketones is 2. The van der Waals surface area contributed by atoms with E-state index in [-0.39, 0.29) is 41.9 Å². The zero-order chi connectivity index (χ0) is 17.4. The van der Waals surface area contributed by atoms with E-state index in [2.05, 4.69) is 6.07 Å². The van der Waals surface area contributed by atoms with Crippen LogP contribution in [-0.4, -0.2) is 68.1 Å². The van der Waals surface area contributed by atoms with Gasteiger partial charge in [0, 0.05) is 11.1 Å². The second kappa shape index (κ2) is 10.2. The van der Waals surface area contributed by atoms with Gasteiger partial charge in [-0.15, -0.1) is 24.8 Å². The first kappa shape index (κ1) is 25.5. The van der Waals surface area contributed by atoms with E-state index in [4.69, 9.17) is 0 Å². The smallest absolute Gasteiger partial charge is 0.177 e. The van der Waals surface area contributed by atoms with Gasteiger partial charge in [0.2, 0.25) is 0 Å². The van der Waals surface area contributed by atoms with E-state index < -0.39 is 0 Å². The number of carbonyl (C=O) groups is 2. The monoisotopic (exact) mass is 414 g/mol. The Kier molecular flexibility index (Phi) is 9.59. The number of rotatable bonds is 6. The summed E-state index contributed by atoms with van der Waals surface area (Å²) in [7, 11) is 7.61. The molecule has 0 aromatic heterocycles. The lowest BCUT2D eigenvalue weighted by atomic mass is 9.93. The maximum atomic E-state index is 12.6. The highest BCUT2D eigenvalue weighted by Crippen LogP contribution is 2.35. The summed E-state index contributed by atoms with van der Waals surface area (Å²) in [5.74, 6) is 0.270. The van der Waals surface area contributed by atoms with Crippen molar-refractivity contribution < 1.29 is 15.1 Å². The molecule has 7 heteroatoms. The van der Waals surface area contributed by atoms with Crippen molar-refractivity contribution >= 4 is 47.2 Å². The van der Waals surface area contributed by atoms with Crippen molar-refractivity contribution in [3.63, 3.8) is 0 Å². The van der Waals surface area contributed by atoms with Crippen molar-refractivity contribution in [3.05, 3.63) is 46.5 Å². The van der Waals surface area contributed by atoms with Gasteiger partial charge in [0.05, 0.1) is 13.1 Å². The average Bonchev–Trinajstić information content (AvgIpc) is 2.92. The van der Waals surface area contributed by atoms with Crippen molar-refractivity contribution in [1.82, 2.24) is 9.80 Å². The second-order valence-corrected chi connectivity index (χ2v) is 7.11. The summed E-state index contributed by atoms with van der Waals surface area (Å²) < 4.78 is 0. The first-order valence-corrected chi connectivity index (χ1v) is 8.32. The van der Waals surface area contributed by atoms with E-state index in [1.165, 1.54) is 5.56 Å². The maximum Gasteiger partial charge on any atom is 0.177 e. The third-order valence-electron chi connectivity index (χ3n) is 4.54. The van der Waals surface area contributed by atoms with Crippen molar-refractivity contribution in [2.45, 2.75) is 12.8 Å². The Labute approximate surface area is 172 Å². The molecule has 1 aliphatic carbocycles. The van der Waals surface area contributed by atoms with Gasteiger partial charge in [0.15, 0.2) is 11.6 Å². The third kappa shape index (κ3) is 5.06. The molecule has 0 aliphatic heterocycles. The molecule has 0 fully saturated rings. The van der Waals surface area contributed by atoms with Gasteiger partial charge in [-0.1, -0.05) is 24.3 Å². The van der Waals surface area contributed by atoms with E-state index >= 15 is 0 Å². The SMILES string of the molecule is CN(C)CC(=O)c1ccc2c(C(=O)CN(C)C)ccc3c2c1CC3.Cl.Cl.O. The van der Waals surface area contributed by atoms with Crippen LogP contribution in [0.3, 0.4) is 0 Å². The number of likely N-dealkylation sites (N-methyl/N-ethyl adjacent to an activating group) is 2. The summed E-state index contributed by atoms with van der Waals surface area (Å²) in [5, 5.41) is 2.12. The first-order chi connectivity index (χ1) is 11.4. The van der Waals surface area contributed by atoms with Crippen LogP contribution in [0.15, 0.2) is 24.3 Å². The van der Waals surface area contributed by atoms with Crippen LogP contribution < -0.4 is 0 Å². The molecule has 2 N–H and O–H groups in total. The Bertz CT molecular complexity index is 836. The molecule has 0 saturated heterocycles. The van der Waals surface area contributed by atoms with Crippen molar-refractivity contribution in [2.75, 3.05) is 41.3 Å². The zero-order valence-corrected chi connectivity index (χ0v) is 17.8. The summed E-state index contributed by atoms with van der Waals surface area (Å²) in [6.45, 7) is 0.804. The minimum atomic E-state index is 0. The maximum absolute atomic E-state index is 12.6. The van der Waals surface area contributed by atoms with Crippen LogP contribution >= 0.6 is 24.8 Å². The average molecular weight is 415 g/mol. The van der Waals surface area contributed by atoms with E-state index in [0.717, 1.165) is 40.3 Å². The molecule has 5 nitrogen and oxygen atoms in total. The highest BCUT2D eigenvalue weighted by molar-refractivity contribution is 6.13. The predicted octanol–water partition coefficient (Wildman–Crippen LogP) is 2.45. The van der Waals surface area contributed by atoms with Gasteiger partial charge in [-0.2, -0.15) is 0 Å². The molecule has 0 radical (unpaired) electrons. The molecular weight excluding hydrogens is 387 g/mol. The highest BCUT2D eigenvalue weighted by atomic mass is 35.5. The molecule has 0 bridgehead atoms. The van der Waals surface area contributed by atoms with Gasteiger partial charge >= 0.3 is 0 Å². The van der Waals surface area contributed by atoms with Crippen LogP contribution in [0.25, 0.3) is 10.8 Å². The minimum Gasteiger partial charge on any atom is -0.412 e. The Morgan fingerprint density at radius 3 is 1.89 bits per heavy atom. The fourth-order valence-corrected chi connectivity index (χ4v) is 3.57. The Morgan fingerprint density at radius 1 is 0.815 bits per heavy atom. The largest absolute Gasteiger partial charge is 0.412 e. The van der Waals surface area contributed by atoms with E-state index in [9.17, 15) is 9.59 Å². The lowest BCUT2D eigenvalue weighted by Crippen LogP contribution is -2.23. The van der Waals surface area contributed by atoms with Crippen LogP contribution in [0.2, 0.25) is 0 Å². The third-order valence-corrected chi connectivity index (χ3v) is 4.54. The second-order valence-electron chi connectivity index (χ2n) is 7.11. The molecule has 150 valence electrons. The van der Waals surface area contributed by atoms with Gasteiger partial charge in [0.25, 0.3) is 0 Å². The molecule has 27 heavy (non-hydrogen) atoms. The number of hydrogen-bond donors (Lipinski definition) is 0. The lowest BCUT2D eigenvalue weighted by molar-refractivity contribution is 0.0950. The van der Waals surface area contributed by atoms with Gasteiger partial charge in [-0.3, -0.25) is 9.59 Å². The summed E-state index contributed by atoms with van der Waals surface area (Å²) in [4.78, 5) is 28.9. The summed E-state index contributed by atoms with van der Waals surface area (Å²) in [6.07, 6.45) is 1.83. The fraction of sp³-hybridized carbons (Fsp3) is 0.400. The molecule has 1 aliphatic rings. The molecule has 0 amide bonds. The van der Waals surface area contributed by atoms with Crippen LogP contribution in [0.1, 0.15) is 31.8 Å². The van der Waals surface area contributed by atoms with Crippen LogP contribution in [0, 0.1) is 0 Å². The van der Waals surface area contributed by atoms with E-state index in [0.29, 0.717) is 13.1 Å². The Balaban J connectivity index is 0.00000225. The number of benzene rings is 2. The molecule has 0 saturated carbocycles. The van der Waals surface area contributed by atoms with Crippen LogP contribution in [-0.2, 0) is 12.8 Å². The topological polar surface area (TPSA) is 72.1 Å². The van der Waals surface area contributed by atoms with Gasteiger partial charge in [-0.05, 0) is 62.9 Å². The molecule has 2 aromatic carbocycles. The summed E-state index contributed by atoms with van der Waals surface area (Å²) in [6, 6.07) is 7.87. The van der Waals surface area contributed by atoms with Crippen LogP contribution in [0.4, 0.5) is 0 Å².